The van der Waals surface area contributed by atoms with Crippen molar-refractivity contribution >= 4 is 32.1 Å². The van der Waals surface area contributed by atoms with E-state index in [0.717, 1.165) is 4.57 Å². The maximum absolute atomic E-state index is 11.9. The SMILES string of the molecule is Nc1ccn(C2OC(COP(O)OP(O)OPOc3ccccc3)CC2O)c(=O)n1. The van der Waals surface area contributed by atoms with Crippen molar-refractivity contribution in [3.05, 3.63) is 53.1 Å². The zero-order chi connectivity index (χ0) is 21.5. The van der Waals surface area contributed by atoms with Crippen molar-refractivity contribution in [1.29, 1.82) is 0 Å². The number of ether oxygens (including phenoxy) is 1. The molecule has 1 aromatic heterocycles. The molecule has 0 aliphatic carbocycles. The van der Waals surface area contributed by atoms with Gasteiger partial charge in [0.25, 0.3) is 0 Å². The van der Waals surface area contributed by atoms with Crippen LogP contribution in [0.3, 0.4) is 0 Å². The number of nitrogens with zero attached hydrogens (tertiary/aromatic N) is 2. The van der Waals surface area contributed by atoms with E-state index in [4.69, 9.17) is 28.1 Å². The van der Waals surface area contributed by atoms with E-state index in [1.165, 1.54) is 12.3 Å². The number of para-hydroxylation sites is 1. The van der Waals surface area contributed by atoms with Crippen molar-refractivity contribution in [2.24, 2.45) is 0 Å². The number of aliphatic hydroxyl groups is 1. The molecule has 0 bridgehead atoms. The Labute approximate surface area is 175 Å². The van der Waals surface area contributed by atoms with Gasteiger partial charge in [-0.05, 0) is 18.2 Å². The number of anilines is 1. The van der Waals surface area contributed by atoms with E-state index in [0.29, 0.717) is 5.75 Å². The zero-order valence-electron chi connectivity index (χ0n) is 15.3. The van der Waals surface area contributed by atoms with Gasteiger partial charge in [-0.15, -0.1) is 0 Å². The summed E-state index contributed by atoms with van der Waals surface area (Å²) in [5.41, 5.74) is 4.79. The van der Waals surface area contributed by atoms with Crippen molar-refractivity contribution in [2.75, 3.05) is 12.3 Å². The molecule has 12 nitrogen and oxygen atoms in total. The average molecular weight is 479 g/mol. The number of nitrogens with two attached hydrogens (primary N) is 1. The van der Waals surface area contributed by atoms with Gasteiger partial charge in [-0.25, -0.2) is 9.11 Å². The van der Waals surface area contributed by atoms with E-state index in [-0.39, 0.29) is 18.8 Å². The minimum atomic E-state index is -2.46. The van der Waals surface area contributed by atoms with E-state index >= 15 is 0 Å². The van der Waals surface area contributed by atoms with E-state index in [2.05, 4.69) is 4.98 Å². The number of hydrogen-bond acceptors (Lipinski definition) is 11. The molecule has 0 amide bonds. The molecule has 5 N–H and O–H groups in total. The molecule has 2 aromatic rings. The minimum absolute atomic E-state index is 0.0594. The molecule has 6 unspecified atom stereocenters. The minimum Gasteiger partial charge on any atom is -0.449 e. The number of nitrogen functional groups attached to an aromatic ring is 1. The molecule has 164 valence electrons. The second kappa shape index (κ2) is 11.4. The first-order chi connectivity index (χ1) is 14.4. The molecule has 0 radical (unpaired) electrons. The summed E-state index contributed by atoms with van der Waals surface area (Å²) in [6.07, 6.45) is -1.04. The Morgan fingerprint density at radius 2 is 2.03 bits per heavy atom. The van der Waals surface area contributed by atoms with Crippen LogP contribution in [0.25, 0.3) is 0 Å². The lowest BCUT2D eigenvalue weighted by atomic mass is 10.2. The molecule has 1 saturated heterocycles. The van der Waals surface area contributed by atoms with Gasteiger partial charge in [0.1, 0.15) is 17.7 Å². The fourth-order valence-corrected chi connectivity index (χ4v) is 4.57. The summed E-state index contributed by atoms with van der Waals surface area (Å²) in [6.45, 7) is -0.140. The highest BCUT2D eigenvalue weighted by atomic mass is 31.3. The van der Waals surface area contributed by atoms with Crippen LogP contribution in [0, 0.1) is 0 Å². The molecule has 6 atom stereocenters. The molecule has 1 fully saturated rings. The van der Waals surface area contributed by atoms with Crippen molar-refractivity contribution in [1.82, 2.24) is 9.55 Å². The molecule has 3 rings (SSSR count). The first-order valence-corrected chi connectivity index (χ1v) is 11.6. The highest BCUT2D eigenvalue weighted by Crippen LogP contribution is 2.53. The molecule has 0 spiro atoms. The Kier molecular flexibility index (Phi) is 8.85. The van der Waals surface area contributed by atoms with Crippen LogP contribution in [-0.4, -0.2) is 43.3 Å². The predicted octanol–water partition coefficient (Wildman–Crippen LogP) is 1.55. The standard InChI is InChI=1S/C15H20N3O9P3/c16-13-6-7-18(15(20)17-13)14-12(19)8-11(24-14)9-23-29(21)27-30(22)26-28-25-10-4-2-1-3-5-10/h1-7,11-12,14,19,21-22,28H,8-9H2,(H2,16,17,20). The first kappa shape index (κ1) is 23.4. The van der Waals surface area contributed by atoms with Crippen LogP contribution in [0.2, 0.25) is 0 Å². The second-order valence-electron chi connectivity index (χ2n) is 5.94. The lowest BCUT2D eigenvalue weighted by Gasteiger charge is -2.18. The summed E-state index contributed by atoms with van der Waals surface area (Å²) in [5, 5.41) is 10.2. The summed E-state index contributed by atoms with van der Waals surface area (Å²) < 4.78 is 26.9. The molecule has 1 aromatic carbocycles. The monoisotopic (exact) mass is 479 g/mol. The third-order valence-electron chi connectivity index (χ3n) is 3.82. The Hall–Kier alpha value is -1.29. The van der Waals surface area contributed by atoms with Crippen LogP contribution in [0.15, 0.2) is 47.4 Å². The predicted molar refractivity (Wildman–Crippen MR) is 109 cm³/mol. The topological polar surface area (TPSA) is 168 Å². The molecular weight excluding hydrogens is 459 g/mol. The quantitative estimate of drug-likeness (QED) is 0.365. The Morgan fingerprint density at radius 1 is 1.27 bits per heavy atom. The van der Waals surface area contributed by atoms with Gasteiger partial charge in [-0.3, -0.25) is 8.88 Å². The van der Waals surface area contributed by atoms with Crippen LogP contribution in [0.5, 0.6) is 5.75 Å². The van der Waals surface area contributed by atoms with Crippen molar-refractivity contribution in [2.45, 2.75) is 24.9 Å². The lowest BCUT2D eigenvalue weighted by Crippen LogP contribution is -2.31. The van der Waals surface area contributed by atoms with E-state index < -0.39 is 50.4 Å². The summed E-state index contributed by atoms with van der Waals surface area (Å²) >= 11 is 0. The fourth-order valence-electron chi connectivity index (χ4n) is 2.54. The molecule has 1 aliphatic heterocycles. The summed E-state index contributed by atoms with van der Waals surface area (Å²) in [4.78, 5) is 34.9. The maximum Gasteiger partial charge on any atom is 0.351 e. The molecule has 30 heavy (non-hydrogen) atoms. The molecule has 2 heterocycles. The van der Waals surface area contributed by atoms with Crippen LogP contribution in [-0.2, 0) is 17.9 Å². The van der Waals surface area contributed by atoms with Crippen molar-refractivity contribution < 1.29 is 37.3 Å². The first-order valence-electron chi connectivity index (χ1n) is 8.53. The lowest BCUT2D eigenvalue weighted by molar-refractivity contribution is -0.0508. The number of hydrogen-bond donors (Lipinski definition) is 4. The molecule has 0 saturated carbocycles. The third kappa shape index (κ3) is 6.87. The van der Waals surface area contributed by atoms with E-state index in [1.54, 1.807) is 24.3 Å². The van der Waals surface area contributed by atoms with Crippen molar-refractivity contribution in [3.8, 4) is 5.75 Å². The smallest absolute Gasteiger partial charge is 0.351 e. The second-order valence-corrected chi connectivity index (χ2v) is 8.90. The van der Waals surface area contributed by atoms with Gasteiger partial charge in [0, 0.05) is 12.6 Å². The number of benzene rings is 1. The molecule has 15 heteroatoms. The fraction of sp³-hybridized carbons (Fsp3) is 0.333. The van der Waals surface area contributed by atoms with Gasteiger partial charge < -0.3 is 34.4 Å². The van der Waals surface area contributed by atoms with E-state index in [1.807, 2.05) is 6.07 Å². The van der Waals surface area contributed by atoms with Crippen LogP contribution < -0.4 is 15.9 Å². The largest absolute Gasteiger partial charge is 0.449 e. The summed E-state index contributed by atoms with van der Waals surface area (Å²) in [6, 6.07) is 10.2. The van der Waals surface area contributed by atoms with Crippen LogP contribution in [0.1, 0.15) is 12.6 Å². The normalized spacial score (nSPS) is 23.6. The van der Waals surface area contributed by atoms with Gasteiger partial charge in [0.2, 0.25) is 9.03 Å². The van der Waals surface area contributed by atoms with Crippen LogP contribution in [0.4, 0.5) is 5.82 Å². The number of aromatic nitrogens is 2. The Bertz CT molecular complexity index is 862. The number of rotatable bonds is 10. The van der Waals surface area contributed by atoms with Gasteiger partial charge in [-0.2, -0.15) is 4.98 Å². The highest BCUT2D eigenvalue weighted by Gasteiger charge is 2.36. The molecule has 1 aliphatic rings. The van der Waals surface area contributed by atoms with Gasteiger partial charge >= 0.3 is 22.9 Å². The van der Waals surface area contributed by atoms with Crippen molar-refractivity contribution in [3.63, 3.8) is 0 Å². The molecular formula is C15H20N3O9P3. The summed E-state index contributed by atoms with van der Waals surface area (Å²) in [5.74, 6) is 0.618. The van der Waals surface area contributed by atoms with Gasteiger partial charge in [-0.1, -0.05) is 18.2 Å². The average Bonchev–Trinajstić information content (AvgIpc) is 3.07. The zero-order valence-corrected chi connectivity index (χ0v) is 18.1. The Morgan fingerprint density at radius 3 is 2.77 bits per heavy atom. The van der Waals surface area contributed by atoms with Crippen LogP contribution >= 0.6 is 26.2 Å². The highest BCUT2D eigenvalue weighted by molar-refractivity contribution is 7.58. The van der Waals surface area contributed by atoms with Gasteiger partial charge in [0.05, 0.1) is 12.7 Å². The van der Waals surface area contributed by atoms with Gasteiger partial charge in [0.15, 0.2) is 6.23 Å². The maximum atomic E-state index is 11.9. The third-order valence-corrected chi connectivity index (χ3v) is 6.55. The Balaban J connectivity index is 1.38. The summed E-state index contributed by atoms with van der Waals surface area (Å²) in [7, 11) is -5.41. The van der Waals surface area contributed by atoms with E-state index in [9.17, 15) is 19.7 Å². The number of aliphatic hydroxyl groups excluding tert-OH is 1.